The van der Waals surface area contributed by atoms with E-state index < -0.39 is 5.91 Å². The molecule has 0 unspecified atom stereocenters. The summed E-state index contributed by atoms with van der Waals surface area (Å²) in [5.41, 5.74) is 9.06. The van der Waals surface area contributed by atoms with Gasteiger partial charge < -0.3 is 10.5 Å². The van der Waals surface area contributed by atoms with Gasteiger partial charge in [0.2, 0.25) is 5.91 Å². The maximum Gasteiger partial charge on any atom is 0.255 e. The van der Waals surface area contributed by atoms with Crippen molar-refractivity contribution in [3.8, 4) is 5.75 Å². The maximum absolute atomic E-state index is 11.8. The van der Waals surface area contributed by atoms with Gasteiger partial charge in [-0.1, -0.05) is 6.07 Å². The molecular weight excluding hydrogens is 314 g/mol. The largest absolute Gasteiger partial charge is 0.484 e. The molecule has 120 valence electrons. The summed E-state index contributed by atoms with van der Waals surface area (Å²) in [5, 5.41) is 6.02. The minimum absolute atomic E-state index is 0.159. The highest BCUT2D eigenvalue weighted by Crippen LogP contribution is 2.13. The molecule has 6 nitrogen and oxygen atoms in total. The van der Waals surface area contributed by atoms with Gasteiger partial charge >= 0.3 is 0 Å². The number of carbonyl (C=O) groups is 2. The zero-order valence-corrected chi connectivity index (χ0v) is 13.4. The molecule has 0 aliphatic rings. The molecule has 0 radical (unpaired) electrons. The van der Waals surface area contributed by atoms with Gasteiger partial charge in [0.05, 0.1) is 12.1 Å². The predicted octanol–water partition coefficient (Wildman–Crippen LogP) is 1.70. The third-order valence-electron chi connectivity index (χ3n) is 2.92. The minimum Gasteiger partial charge on any atom is -0.484 e. The van der Waals surface area contributed by atoms with Crippen LogP contribution < -0.4 is 15.9 Å². The second kappa shape index (κ2) is 8.09. The molecule has 0 atom stereocenters. The molecular formula is C16H17N3O3S. The summed E-state index contributed by atoms with van der Waals surface area (Å²) >= 11 is 1.53. The summed E-state index contributed by atoms with van der Waals surface area (Å²) in [7, 11) is 0. The summed E-state index contributed by atoms with van der Waals surface area (Å²) in [4.78, 5) is 23.4. The van der Waals surface area contributed by atoms with Crippen molar-refractivity contribution in [2.45, 2.75) is 13.3 Å². The van der Waals surface area contributed by atoms with Gasteiger partial charge in [-0.3, -0.25) is 9.59 Å². The van der Waals surface area contributed by atoms with Crippen LogP contribution in [0.5, 0.6) is 5.75 Å². The molecule has 0 fully saturated rings. The molecule has 0 bridgehead atoms. The van der Waals surface area contributed by atoms with Crippen molar-refractivity contribution in [3.63, 3.8) is 0 Å². The molecule has 1 aromatic carbocycles. The number of ether oxygens (including phenoxy) is 1. The summed E-state index contributed by atoms with van der Waals surface area (Å²) in [6, 6.07) is 10.8. The van der Waals surface area contributed by atoms with E-state index in [0.29, 0.717) is 17.9 Å². The molecule has 1 aromatic heterocycles. The Bertz CT molecular complexity index is 694. The zero-order chi connectivity index (χ0) is 16.7. The summed E-state index contributed by atoms with van der Waals surface area (Å²) in [6.07, 6.45) is 0.314. The first-order chi connectivity index (χ1) is 11.0. The smallest absolute Gasteiger partial charge is 0.255 e. The van der Waals surface area contributed by atoms with E-state index in [1.54, 1.807) is 31.2 Å². The van der Waals surface area contributed by atoms with Gasteiger partial charge in [-0.25, -0.2) is 5.43 Å². The maximum atomic E-state index is 11.8. The van der Waals surface area contributed by atoms with E-state index in [1.807, 2.05) is 17.5 Å². The van der Waals surface area contributed by atoms with Crippen molar-refractivity contribution in [2.24, 2.45) is 10.8 Å². The van der Waals surface area contributed by atoms with E-state index in [4.69, 9.17) is 10.5 Å². The first-order valence-corrected chi connectivity index (χ1v) is 7.79. The van der Waals surface area contributed by atoms with Crippen LogP contribution >= 0.6 is 11.3 Å². The van der Waals surface area contributed by atoms with Crippen LogP contribution in [0.3, 0.4) is 0 Å². The number of nitrogens with zero attached hydrogens (tertiary/aromatic N) is 1. The third-order valence-corrected chi connectivity index (χ3v) is 3.79. The molecule has 2 amide bonds. The first-order valence-electron chi connectivity index (χ1n) is 6.91. The van der Waals surface area contributed by atoms with Crippen LogP contribution in [-0.4, -0.2) is 24.1 Å². The normalized spacial score (nSPS) is 11.1. The number of hydrogen-bond donors (Lipinski definition) is 2. The lowest BCUT2D eigenvalue weighted by Crippen LogP contribution is -2.21. The minimum atomic E-state index is -0.528. The number of primary amides is 1. The number of benzene rings is 1. The van der Waals surface area contributed by atoms with E-state index in [2.05, 4.69) is 10.5 Å². The molecule has 7 heteroatoms. The van der Waals surface area contributed by atoms with Gasteiger partial charge in [-0.15, -0.1) is 11.3 Å². The molecule has 1 heterocycles. The Morgan fingerprint density at radius 3 is 2.61 bits per heavy atom. The Kier molecular flexibility index (Phi) is 5.87. The van der Waals surface area contributed by atoms with Crippen molar-refractivity contribution in [1.82, 2.24) is 5.43 Å². The van der Waals surface area contributed by atoms with Crippen molar-refractivity contribution in [1.29, 1.82) is 0 Å². The lowest BCUT2D eigenvalue weighted by molar-refractivity contribution is -0.121. The van der Waals surface area contributed by atoms with Gasteiger partial charge in [0, 0.05) is 4.88 Å². The van der Waals surface area contributed by atoms with Gasteiger partial charge in [-0.2, -0.15) is 5.10 Å². The van der Waals surface area contributed by atoms with E-state index in [0.717, 1.165) is 10.4 Å². The monoisotopic (exact) mass is 331 g/mol. The lowest BCUT2D eigenvalue weighted by atomic mass is 10.1. The Hall–Kier alpha value is -2.67. The number of amides is 2. The standard InChI is InChI=1S/C16H17N3O3S/c1-11(18-19-16(21)9-14-3-2-8-23-14)12-4-6-13(7-5-12)22-10-15(17)20/h2-8H,9-10H2,1H3,(H2,17,20)(H,19,21). The van der Waals surface area contributed by atoms with Crippen molar-refractivity contribution >= 4 is 28.9 Å². The molecule has 2 rings (SSSR count). The van der Waals surface area contributed by atoms with Crippen molar-refractivity contribution in [3.05, 3.63) is 52.2 Å². The van der Waals surface area contributed by atoms with E-state index in [1.165, 1.54) is 11.3 Å². The molecule has 23 heavy (non-hydrogen) atoms. The molecule has 0 aliphatic heterocycles. The first kappa shape index (κ1) is 16.7. The number of nitrogens with one attached hydrogen (secondary N) is 1. The average Bonchev–Trinajstić information content (AvgIpc) is 3.04. The summed E-state index contributed by atoms with van der Waals surface area (Å²) < 4.78 is 5.18. The second-order valence-corrected chi connectivity index (χ2v) is 5.80. The molecule has 0 spiro atoms. The number of hydrazone groups is 1. The summed E-state index contributed by atoms with van der Waals surface area (Å²) in [6.45, 7) is 1.63. The van der Waals surface area contributed by atoms with Crippen LogP contribution in [0.1, 0.15) is 17.4 Å². The number of carbonyl (C=O) groups excluding carboxylic acids is 2. The quantitative estimate of drug-likeness (QED) is 0.597. The van der Waals surface area contributed by atoms with Crippen molar-refractivity contribution < 1.29 is 14.3 Å². The van der Waals surface area contributed by atoms with E-state index >= 15 is 0 Å². The molecule has 0 aliphatic carbocycles. The molecule has 0 saturated carbocycles. The highest BCUT2D eigenvalue weighted by atomic mass is 32.1. The van der Waals surface area contributed by atoms with Crippen LogP contribution in [0.25, 0.3) is 0 Å². The molecule has 3 N–H and O–H groups in total. The van der Waals surface area contributed by atoms with Gasteiger partial charge in [-0.05, 0) is 48.2 Å². The number of hydrogen-bond acceptors (Lipinski definition) is 5. The fourth-order valence-corrected chi connectivity index (χ4v) is 2.47. The fourth-order valence-electron chi connectivity index (χ4n) is 1.77. The second-order valence-electron chi connectivity index (χ2n) is 4.77. The zero-order valence-electron chi connectivity index (χ0n) is 12.6. The predicted molar refractivity (Wildman–Crippen MR) is 89.5 cm³/mol. The highest BCUT2D eigenvalue weighted by molar-refractivity contribution is 7.10. The number of rotatable bonds is 7. The Morgan fingerprint density at radius 1 is 1.26 bits per heavy atom. The van der Waals surface area contributed by atoms with E-state index in [9.17, 15) is 9.59 Å². The third kappa shape index (κ3) is 5.55. The Balaban J connectivity index is 1.89. The van der Waals surface area contributed by atoms with Gasteiger partial charge in [0.15, 0.2) is 6.61 Å². The molecule has 2 aromatic rings. The van der Waals surface area contributed by atoms with Gasteiger partial charge in [0.1, 0.15) is 5.75 Å². The average molecular weight is 331 g/mol. The molecule has 0 saturated heterocycles. The lowest BCUT2D eigenvalue weighted by Gasteiger charge is -2.06. The van der Waals surface area contributed by atoms with Crippen LogP contribution in [0.2, 0.25) is 0 Å². The highest BCUT2D eigenvalue weighted by Gasteiger charge is 2.04. The van der Waals surface area contributed by atoms with Crippen molar-refractivity contribution in [2.75, 3.05) is 6.61 Å². The van der Waals surface area contributed by atoms with Crippen LogP contribution in [0.4, 0.5) is 0 Å². The number of thiophene rings is 1. The van der Waals surface area contributed by atoms with E-state index in [-0.39, 0.29) is 12.5 Å². The number of nitrogens with two attached hydrogens (primary N) is 1. The fraction of sp³-hybridized carbons (Fsp3) is 0.188. The van der Waals surface area contributed by atoms with Crippen LogP contribution in [0, 0.1) is 0 Å². The van der Waals surface area contributed by atoms with Gasteiger partial charge in [0.25, 0.3) is 5.91 Å². The Morgan fingerprint density at radius 2 is 2.00 bits per heavy atom. The topological polar surface area (TPSA) is 93.8 Å². The summed E-state index contributed by atoms with van der Waals surface area (Å²) in [5.74, 6) is -0.143. The Labute approximate surface area is 138 Å². The van der Waals surface area contributed by atoms with Crippen LogP contribution in [-0.2, 0) is 16.0 Å². The van der Waals surface area contributed by atoms with Crippen LogP contribution in [0.15, 0.2) is 46.9 Å². The SMILES string of the molecule is CC(=NNC(=O)Cc1cccs1)c1ccc(OCC(N)=O)cc1.